The zero-order valence-corrected chi connectivity index (χ0v) is 17.5. The lowest BCUT2D eigenvalue weighted by Crippen LogP contribution is -2.38. The first-order valence-electron chi connectivity index (χ1n) is 9.43. The first-order chi connectivity index (χ1) is 14.5. The molecule has 31 heavy (non-hydrogen) atoms. The van der Waals surface area contributed by atoms with Crippen molar-refractivity contribution in [2.75, 3.05) is 11.9 Å². The van der Waals surface area contributed by atoms with E-state index in [2.05, 4.69) is 15.3 Å². The van der Waals surface area contributed by atoms with Crippen molar-refractivity contribution in [3.8, 4) is 0 Å². The second-order valence-electron chi connectivity index (χ2n) is 7.27. The van der Waals surface area contributed by atoms with E-state index >= 15 is 0 Å². The van der Waals surface area contributed by atoms with Crippen LogP contribution in [-0.4, -0.2) is 33.4 Å². The fourth-order valence-electron chi connectivity index (χ4n) is 3.03. The molecule has 0 spiro atoms. The highest BCUT2D eigenvalue weighted by Gasteiger charge is 2.33. The van der Waals surface area contributed by atoms with E-state index in [0.29, 0.717) is 16.7 Å². The molecule has 0 fully saturated rings. The predicted octanol–water partition coefficient (Wildman–Crippen LogP) is 4.44. The molecule has 0 atom stereocenters. The number of fused-ring (bicyclic) bond motifs is 1. The minimum absolute atomic E-state index is 0.0114. The number of rotatable bonds is 6. The number of para-hydroxylation sites is 1. The highest BCUT2D eigenvalue weighted by molar-refractivity contribution is 6.31. The van der Waals surface area contributed by atoms with Gasteiger partial charge in [-0.1, -0.05) is 23.7 Å². The first-order valence-corrected chi connectivity index (χ1v) is 9.81. The number of aromatic amines is 1. The SMILES string of the molecule is CC(C)N(CC(=O)Nc1ccc(Cl)c(C(F)(F)F)c1)Cc1nc2ccccc2c(=O)[nH]1. The van der Waals surface area contributed by atoms with Gasteiger partial charge in [0, 0.05) is 11.7 Å². The fraction of sp³-hybridized carbons (Fsp3) is 0.286. The molecular formula is C21H20ClF3N4O2. The van der Waals surface area contributed by atoms with Crippen LogP contribution in [0, 0.1) is 0 Å². The number of nitrogens with one attached hydrogen (secondary N) is 2. The standard InChI is InChI=1S/C21H20ClF3N4O2/c1-12(2)29(10-18-27-17-6-4-3-5-14(17)20(31)28-18)11-19(30)26-13-7-8-16(22)15(9-13)21(23,24)25/h3-9,12H,10-11H2,1-2H3,(H,26,30)(H,27,28,31). The summed E-state index contributed by atoms with van der Waals surface area (Å²) in [6.07, 6.45) is -4.63. The molecule has 0 bridgehead atoms. The molecule has 0 saturated carbocycles. The molecule has 6 nitrogen and oxygen atoms in total. The summed E-state index contributed by atoms with van der Waals surface area (Å²) in [5, 5.41) is 2.48. The number of carbonyl (C=O) groups excluding carboxylic acids is 1. The Morgan fingerprint density at radius 1 is 1.23 bits per heavy atom. The topological polar surface area (TPSA) is 78.1 Å². The van der Waals surface area contributed by atoms with Gasteiger partial charge in [0.1, 0.15) is 5.82 Å². The third-order valence-electron chi connectivity index (χ3n) is 4.65. The van der Waals surface area contributed by atoms with Crippen molar-refractivity contribution in [2.45, 2.75) is 32.6 Å². The number of carbonyl (C=O) groups is 1. The lowest BCUT2D eigenvalue weighted by atomic mass is 10.2. The number of alkyl halides is 3. The van der Waals surface area contributed by atoms with Gasteiger partial charge in [-0.2, -0.15) is 13.2 Å². The molecule has 0 radical (unpaired) electrons. The first kappa shape index (κ1) is 22.8. The Kier molecular flexibility index (Phi) is 6.66. The van der Waals surface area contributed by atoms with E-state index in [4.69, 9.17) is 11.6 Å². The maximum absolute atomic E-state index is 13.0. The molecule has 1 amide bonds. The summed E-state index contributed by atoms with van der Waals surface area (Å²) in [5.74, 6) is -0.122. The number of aromatic nitrogens is 2. The summed E-state index contributed by atoms with van der Waals surface area (Å²) < 4.78 is 39.1. The number of benzene rings is 2. The average molecular weight is 453 g/mol. The largest absolute Gasteiger partial charge is 0.417 e. The molecule has 1 heterocycles. The maximum Gasteiger partial charge on any atom is 0.417 e. The van der Waals surface area contributed by atoms with Crippen molar-refractivity contribution in [1.29, 1.82) is 0 Å². The van der Waals surface area contributed by atoms with Crippen LogP contribution in [0.15, 0.2) is 47.3 Å². The molecule has 0 aliphatic rings. The molecule has 1 aromatic heterocycles. The van der Waals surface area contributed by atoms with Crippen molar-refractivity contribution in [1.82, 2.24) is 14.9 Å². The lowest BCUT2D eigenvalue weighted by Gasteiger charge is -2.25. The number of hydrogen-bond donors (Lipinski definition) is 2. The molecule has 0 aliphatic carbocycles. The highest BCUT2D eigenvalue weighted by Crippen LogP contribution is 2.36. The van der Waals surface area contributed by atoms with Crippen LogP contribution in [-0.2, 0) is 17.5 Å². The molecule has 2 aromatic carbocycles. The number of halogens is 4. The minimum Gasteiger partial charge on any atom is -0.325 e. The molecule has 164 valence electrons. The van der Waals surface area contributed by atoms with E-state index in [-0.39, 0.29) is 30.4 Å². The number of nitrogens with zero attached hydrogens (tertiary/aromatic N) is 2. The smallest absolute Gasteiger partial charge is 0.325 e. The second kappa shape index (κ2) is 9.07. The molecule has 3 rings (SSSR count). The zero-order valence-electron chi connectivity index (χ0n) is 16.8. The number of hydrogen-bond acceptors (Lipinski definition) is 4. The van der Waals surface area contributed by atoms with Crippen LogP contribution < -0.4 is 10.9 Å². The number of amides is 1. The Morgan fingerprint density at radius 2 is 1.94 bits per heavy atom. The van der Waals surface area contributed by atoms with Crippen molar-refractivity contribution in [2.24, 2.45) is 0 Å². The monoisotopic (exact) mass is 452 g/mol. The van der Waals surface area contributed by atoms with Crippen LogP contribution in [0.3, 0.4) is 0 Å². The Balaban J connectivity index is 1.75. The Bertz CT molecular complexity index is 1160. The van der Waals surface area contributed by atoms with Gasteiger partial charge in [-0.15, -0.1) is 0 Å². The molecule has 2 N–H and O–H groups in total. The van der Waals surface area contributed by atoms with Crippen LogP contribution in [0.5, 0.6) is 0 Å². The average Bonchev–Trinajstić information content (AvgIpc) is 2.68. The van der Waals surface area contributed by atoms with Crippen LogP contribution in [0.25, 0.3) is 10.9 Å². The van der Waals surface area contributed by atoms with Gasteiger partial charge < -0.3 is 10.3 Å². The molecule has 0 unspecified atom stereocenters. The van der Waals surface area contributed by atoms with Gasteiger partial charge in [-0.25, -0.2) is 4.98 Å². The van der Waals surface area contributed by atoms with E-state index in [1.165, 1.54) is 6.07 Å². The molecular weight excluding hydrogens is 433 g/mol. The lowest BCUT2D eigenvalue weighted by molar-refractivity contribution is -0.137. The summed E-state index contributed by atoms with van der Waals surface area (Å²) in [4.78, 5) is 33.6. The summed E-state index contributed by atoms with van der Waals surface area (Å²) in [5.41, 5.74) is -0.779. The Hall–Kier alpha value is -2.91. The van der Waals surface area contributed by atoms with E-state index in [1.807, 2.05) is 13.8 Å². The van der Waals surface area contributed by atoms with Gasteiger partial charge in [-0.3, -0.25) is 14.5 Å². The van der Waals surface area contributed by atoms with E-state index in [9.17, 15) is 22.8 Å². The summed E-state index contributed by atoms with van der Waals surface area (Å²) in [6, 6.07) is 9.99. The summed E-state index contributed by atoms with van der Waals surface area (Å²) in [7, 11) is 0. The van der Waals surface area contributed by atoms with E-state index in [0.717, 1.165) is 12.1 Å². The number of anilines is 1. The van der Waals surface area contributed by atoms with Crippen molar-refractivity contribution in [3.05, 3.63) is 69.2 Å². The van der Waals surface area contributed by atoms with E-state index in [1.54, 1.807) is 29.2 Å². The van der Waals surface area contributed by atoms with Crippen LogP contribution in [0.4, 0.5) is 18.9 Å². The predicted molar refractivity (Wildman–Crippen MR) is 113 cm³/mol. The second-order valence-corrected chi connectivity index (χ2v) is 7.68. The van der Waals surface area contributed by atoms with Crippen molar-refractivity contribution in [3.63, 3.8) is 0 Å². The third-order valence-corrected chi connectivity index (χ3v) is 4.98. The van der Waals surface area contributed by atoms with Gasteiger partial charge in [-0.05, 0) is 44.2 Å². The van der Waals surface area contributed by atoms with Gasteiger partial charge in [0.05, 0.1) is 34.6 Å². The normalized spacial score (nSPS) is 12.0. The fourth-order valence-corrected chi connectivity index (χ4v) is 3.25. The number of H-pyrrole nitrogens is 1. The van der Waals surface area contributed by atoms with Gasteiger partial charge in [0.15, 0.2) is 0 Å². The van der Waals surface area contributed by atoms with Crippen molar-refractivity contribution >= 4 is 34.1 Å². The van der Waals surface area contributed by atoms with Crippen LogP contribution >= 0.6 is 11.6 Å². The summed E-state index contributed by atoms with van der Waals surface area (Å²) in [6.45, 7) is 3.78. The summed E-state index contributed by atoms with van der Waals surface area (Å²) >= 11 is 5.61. The quantitative estimate of drug-likeness (QED) is 0.579. The van der Waals surface area contributed by atoms with Crippen LogP contribution in [0.1, 0.15) is 25.2 Å². The molecule has 0 saturated heterocycles. The maximum atomic E-state index is 13.0. The van der Waals surface area contributed by atoms with Gasteiger partial charge in [0.2, 0.25) is 5.91 Å². The molecule has 3 aromatic rings. The van der Waals surface area contributed by atoms with Gasteiger partial charge in [0.25, 0.3) is 5.56 Å². The Morgan fingerprint density at radius 3 is 2.61 bits per heavy atom. The van der Waals surface area contributed by atoms with E-state index < -0.39 is 22.7 Å². The molecule has 0 aliphatic heterocycles. The van der Waals surface area contributed by atoms with Gasteiger partial charge >= 0.3 is 6.18 Å². The zero-order chi connectivity index (χ0) is 22.8. The molecule has 10 heteroatoms. The minimum atomic E-state index is -4.63. The van der Waals surface area contributed by atoms with Crippen LogP contribution in [0.2, 0.25) is 5.02 Å². The third kappa shape index (κ3) is 5.62. The highest BCUT2D eigenvalue weighted by atomic mass is 35.5. The Labute approximate surface area is 181 Å². The van der Waals surface area contributed by atoms with Crippen molar-refractivity contribution < 1.29 is 18.0 Å².